The molecule has 0 saturated heterocycles. The van der Waals surface area contributed by atoms with Crippen LogP contribution in [0.3, 0.4) is 0 Å². The molecule has 29 aromatic carbocycles. The molecule has 0 aliphatic carbocycles. The van der Waals surface area contributed by atoms with Crippen molar-refractivity contribution in [2.75, 3.05) is 26.4 Å². The van der Waals surface area contributed by atoms with E-state index in [1.807, 2.05) is 0 Å². The molecule has 0 fully saturated rings. The number of aromatic nitrogens is 2. The summed E-state index contributed by atoms with van der Waals surface area (Å²) in [6.07, 6.45) is 0. The first-order chi connectivity index (χ1) is 35.0. The second-order valence-corrected chi connectivity index (χ2v) is 24.9. The Balaban J connectivity index is 1.24. The number of rotatable bonds is 0. The van der Waals surface area contributed by atoms with E-state index in [-0.39, 0.29) is 0 Å². The first-order valence-electron chi connectivity index (χ1n) is 26.2. The maximum absolute atomic E-state index is 6.70. The molecule has 0 spiro atoms. The Bertz CT molecular complexity index is 7240. The van der Waals surface area contributed by atoms with Crippen LogP contribution in [0, 0.1) is 0 Å². The number of hydrogen-bond acceptors (Lipinski definition) is 2. The zero-order valence-corrected chi connectivity index (χ0v) is 36.0. The van der Waals surface area contributed by atoms with E-state index in [1.165, 1.54) is 22.1 Å². The fraction of sp³-hybridized carbons (Fsp3) is 0.0909. The van der Waals surface area contributed by atoms with Gasteiger partial charge in [0.2, 0.25) is 0 Å². The molecule has 4 heterocycles. The molecule has 0 saturated carbocycles. The third-order valence-corrected chi connectivity index (χ3v) is 24.3. The molecule has 0 amide bonds. The second-order valence-electron chi connectivity index (χ2n) is 24.9. The molecule has 1 aliphatic rings. The molecular weight excluding hydrogens is 853 g/mol. The van der Waals surface area contributed by atoms with E-state index in [1.54, 1.807) is 302 Å². The Kier molecular flexibility index (Phi) is 2.37. The molecule has 33 rings (SSSR count). The summed E-state index contributed by atoms with van der Waals surface area (Å²) in [7, 11) is 0. The van der Waals surface area contributed by atoms with Gasteiger partial charge in [-0.05, 0) is 0 Å². The first-order valence-corrected chi connectivity index (χ1v) is 26.2. The third-order valence-electron chi connectivity index (χ3n) is 24.3. The van der Waals surface area contributed by atoms with Crippen molar-refractivity contribution in [2.45, 2.75) is 13.1 Å². The Morgan fingerprint density at radius 1 is 0.157 bits per heavy atom. The average molecular weight is 865 g/mol. The van der Waals surface area contributed by atoms with Gasteiger partial charge in [-0.15, -0.1) is 0 Å². The van der Waals surface area contributed by atoms with Gasteiger partial charge in [-0.3, -0.25) is 0 Å². The monoisotopic (exact) mass is 864 g/mol. The van der Waals surface area contributed by atoms with Crippen molar-refractivity contribution in [3.8, 4) is 0 Å². The lowest BCUT2D eigenvalue weighted by Crippen LogP contribution is -2.11. The van der Waals surface area contributed by atoms with Crippen LogP contribution in [0.1, 0.15) is 0 Å². The van der Waals surface area contributed by atoms with Gasteiger partial charge in [-0.2, -0.15) is 0 Å². The van der Waals surface area contributed by atoms with Gasteiger partial charge in [0.05, 0.1) is 37.5 Å². The van der Waals surface area contributed by atoms with Crippen LogP contribution in [0.25, 0.3) is 324 Å². The topological polar surface area (TPSA) is 28.3 Å². The summed E-state index contributed by atoms with van der Waals surface area (Å²) in [6.45, 7) is 4.23. The van der Waals surface area contributed by atoms with Crippen molar-refractivity contribution in [3.05, 3.63) is 0 Å². The normalized spacial score (nSPS) is 18.7. The molecule has 5 bridgehead atoms. The van der Waals surface area contributed by atoms with Gasteiger partial charge in [-0.25, -0.2) is 0 Å². The quantitative estimate of drug-likeness (QED) is 0.142. The minimum absolute atomic E-state index is 0.635. The van der Waals surface area contributed by atoms with E-state index in [4.69, 9.17) is 9.47 Å². The maximum Gasteiger partial charge on any atom is 0.122 e. The highest BCUT2D eigenvalue weighted by molar-refractivity contribution is 6.84. The highest BCUT2D eigenvalue weighted by atomic mass is 16.5. The van der Waals surface area contributed by atoms with Crippen LogP contribution in [0.4, 0.5) is 0 Å². The van der Waals surface area contributed by atoms with Gasteiger partial charge in [0.1, 0.15) is 5.65 Å². The largest absolute Gasteiger partial charge is 0.377 e. The Hall–Kier alpha value is -8.28. The van der Waals surface area contributed by atoms with Gasteiger partial charge in [0.25, 0.3) is 0 Å². The van der Waals surface area contributed by atoms with Crippen molar-refractivity contribution in [1.29, 1.82) is 0 Å². The number of benzene rings is 18. The van der Waals surface area contributed by atoms with Crippen LogP contribution in [0.2, 0.25) is 0 Å². The van der Waals surface area contributed by atoms with Crippen LogP contribution in [0.5, 0.6) is 0 Å². The van der Waals surface area contributed by atoms with Crippen molar-refractivity contribution in [1.82, 2.24) is 9.13 Å². The van der Waals surface area contributed by atoms with Gasteiger partial charge in [0.15, 0.2) is 0 Å². The molecule has 32 aromatic rings. The van der Waals surface area contributed by atoms with Gasteiger partial charge in [-0.1, -0.05) is 0 Å². The molecule has 1 aliphatic heterocycles. The summed E-state index contributed by atoms with van der Waals surface area (Å²) in [5.74, 6) is 0. The fourth-order valence-corrected chi connectivity index (χ4v) is 23.8. The standard InChI is InChI=1S/C66H12N2O2/c1-3-69-5-6-70-4-2-68-65-60-52-42-32-22-14-9-7-8-10-11(9)20-24(22)34-38-28(20)27-19(10)23-21-13(8)17-15-12(7)16-18(14)30(32)40-36-26(16)25(15)35-39-29(17)31(21)41-45-33(23)37(27)47-48(38)58(56(60)46(34)42)63-57(47)55(45)59-51(41)49(39)53-43(35)44(36)54(50(40)52)62(65)61(53)64(59)67(1)66(63)68/h1-6H2. The zero-order valence-electron chi connectivity index (χ0n) is 36.0. The van der Waals surface area contributed by atoms with E-state index in [9.17, 15) is 0 Å². The highest BCUT2D eigenvalue weighted by Crippen LogP contribution is 2.79. The molecule has 298 valence electrons. The van der Waals surface area contributed by atoms with Crippen LogP contribution in [0.15, 0.2) is 0 Å². The van der Waals surface area contributed by atoms with Gasteiger partial charge in [0, 0.05) is 320 Å². The second kappa shape index (κ2) is 6.28. The minimum atomic E-state index is 0.635. The lowest BCUT2D eigenvalue weighted by Gasteiger charge is -2.17. The molecular formula is C66H12N2O2. The fourth-order valence-electron chi connectivity index (χ4n) is 23.8. The van der Waals surface area contributed by atoms with E-state index in [0.29, 0.717) is 26.4 Å². The first kappa shape index (κ1) is 26.5. The Labute approximate surface area is 379 Å². The molecule has 3 aromatic heterocycles. The predicted molar refractivity (Wildman–Crippen MR) is 296 cm³/mol. The minimum Gasteiger partial charge on any atom is -0.377 e. The summed E-state index contributed by atoms with van der Waals surface area (Å²) >= 11 is 0. The lowest BCUT2D eigenvalue weighted by molar-refractivity contribution is 0.0447. The lowest BCUT2D eigenvalue weighted by atomic mass is 9.87. The van der Waals surface area contributed by atoms with Gasteiger partial charge >= 0.3 is 0 Å². The summed E-state index contributed by atoms with van der Waals surface area (Å²) in [6, 6.07) is 0. The SMILES string of the molecule is C1COCCn2c3c4c5c6c7c8c9c%10c%11c%12c%13c%10c%10c8c8c%14c%10c%10c%13c%13c%15c%12c%12c%16c%11c%11c9c7c7c9c%11c%16c%11c%16c%12c%15c%12c%15c%13c%10c%10c%14c(c4c86)c4c%10c%15c6c%12c%16c8c%11c9c(c75)c3c8c6n(c42)CCO1. The predicted octanol–water partition coefficient (Wildman–Crippen LogP) is 17.5. The Morgan fingerprint density at radius 3 is 0.486 bits per heavy atom. The van der Waals surface area contributed by atoms with Gasteiger partial charge < -0.3 is 18.6 Å². The number of nitrogens with zero attached hydrogens (tertiary/aromatic N) is 2. The van der Waals surface area contributed by atoms with Crippen molar-refractivity contribution >= 4 is 324 Å². The number of ether oxygens (including phenoxy) is 2. The van der Waals surface area contributed by atoms with Crippen LogP contribution in [-0.2, 0) is 22.6 Å². The van der Waals surface area contributed by atoms with Crippen LogP contribution < -0.4 is 0 Å². The van der Waals surface area contributed by atoms with Crippen LogP contribution in [-0.4, -0.2) is 35.6 Å². The van der Waals surface area contributed by atoms with Crippen molar-refractivity contribution < 1.29 is 9.47 Å². The summed E-state index contributed by atoms with van der Waals surface area (Å²) < 4.78 is 19.2. The number of hydrogen-bond donors (Lipinski definition) is 0. The molecule has 0 atom stereocenters. The average Bonchev–Trinajstić information content (AvgIpc) is 4.26. The smallest absolute Gasteiger partial charge is 0.122 e. The van der Waals surface area contributed by atoms with E-state index in [0.717, 1.165) is 13.1 Å². The molecule has 4 heteroatoms. The van der Waals surface area contributed by atoms with E-state index >= 15 is 0 Å². The summed E-state index contributed by atoms with van der Waals surface area (Å²) in [5.41, 5.74) is 4.42. The molecule has 4 nitrogen and oxygen atoms in total. The summed E-state index contributed by atoms with van der Waals surface area (Å²) in [5, 5.41) is 92.1. The van der Waals surface area contributed by atoms with Crippen molar-refractivity contribution in [2.24, 2.45) is 0 Å². The molecule has 0 radical (unpaired) electrons. The highest BCUT2D eigenvalue weighted by Gasteiger charge is 2.50. The maximum atomic E-state index is 6.70. The van der Waals surface area contributed by atoms with Crippen molar-refractivity contribution in [3.63, 3.8) is 0 Å². The molecule has 0 unspecified atom stereocenters. The van der Waals surface area contributed by atoms with E-state index < -0.39 is 0 Å². The zero-order chi connectivity index (χ0) is 41.5. The van der Waals surface area contributed by atoms with Crippen LogP contribution >= 0.6 is 0 Å². The Morgan fingerprint density at radius 2 is 0.300 bits per heavy atom. The molecule has 70 heavy (non-hydrogen) atoms. The molecule has 0 N–H and O–H groups in total. The summed E-state index contributed by atoms with van der Waals surface area (Å²) in [4.78, 5) is 0. The third kappa shape index (κ3) is 1.50. The van der Waals surface area contributed by atoms with E-state index in [2.05, 4.69) is 9.13 Å².